The molecule has 1 amide bonds. The van der Waals surface area contributed by atoms with Gasteiger partial charge in [-0.25, -0.2) is 0 Å². The molecule has 0 aromatic heterocycles. The van der Waals surface area contributed by atoms with E-state index in [4.69, 9.17) is 25.9 Å². The van der Waals surface area contributed by atoms with Crippen molar-refractivity contribution in [2.24, 2.45) is 5.16 Å². The lowest BCUT2D eigenvalue weighted by Crippen LogP contribution is -2.29. The van der Waals surface area contributed by atoms with Crippen molar-refractivity contribution < 1.29 is 19.1 Å². The topological polar surface area (TPSA) is 60.4 Å². The second kappa shape index (κ2) is 8.10. The molecule has 0 atom stereocenters. The lowest BCUT2D eigenvalue weighted by atomic mass is 10.1. The number of likely N-dealkylation sites (N-methyl/N-ethyl adjacent to an activating group) is 1. The molecule has 26 heavy (non-hydrogen) atoms. The van der Waals surface area contributed by atoms with Crippen LogP contribution in [0.3, 0.4) is 0 Å². The third-order valence-electron chi connectivity index (χ3n) is 3.91. The molecule has 7 heteroatoms. The summed E-state index contributed by atoms with van der Waals surface area (Å²) in [5.41, 5.74) is 2.44. The minimum Gasteiger partial charge on any atom is -0.454 e. The van der Waals surface area contributed by atoms with Gasteiger partial charge in [0.15, 0.2) is 18.1 Å². The van der Waals surface area contributed by atoms with Crippen LogP contribution in [0.15, 0.2) is 47.6 Å². The molecule has 1 heterocycles. The first-order valence-electron chi connectivity index (χ1n) is 8.08. The van der Waals surface area contributed by atoms with E-state index in [2.05, 4.69) is 5.16 Å². The smallest absolute Gasteiger partial charge is 0.263 e. The van der Waals surface area contributed by atoms with Crippen molar-refractivity contribution >= 4 is 23.2 Å². The van der Waals surface area contributed by atoms with Gasteiger partial charge in [0, 0.05) is 24.2 Å². The van der Waals surface area contributed by atoms with Crippen LogP contribution < -0.4 is 9.47 Å². The summed E-state index contributed by atoms with van der Waals surface area (Å²) in [7, 11) is 1.71. The van der Waals surface area contributed by atoms with Crippen LogP contribution in [0.25, 0.3) is 0 Å². The van der Waals surface area contributed by atoms with E-state index >= 15 is 0 Å². The number of fused-ring (bicyclic) bond motifs is 1. The Labute approximate surface area is 156 Å². The minimum absolute atomic E-state index is 0.140. The first-order chi connectivity index (χ1) is 12.5. The molecule has 2 aromatic rings. The highest BCUT2D eigenvalue weighted by Gasteiger charge is 2.14. The van der Waals surface area contributed by atoms with Crippen molar-refractivity contribution in [3.63, 3.8) is 0 Å². The van der Waals surface area contributed by atoms with Gasteiger partial charge >= 0.3 is 0 Å². The van der Waals surface area contributed by atoms with Crippen LogP contribution in [0.4, 0.5) is 0 Å². The van der Waals surface area contributed by atoms with Gasteiger partial charge in [-0.15, -0.1) is 0 Å². The van der Waals surface area contributed by atoms with Gasteiger partial charge in [-0.2, -0.15) is 0 Å². The van der Waals surface area contributed by atoms with Gasteiger partial charge in [0.2, 0.25) is 6.79 Å². The van der Waals surface area contributed by atoms with Crippen molar-refractivity contribution in [2.45, 2.75) is 13.5 Å². The van der Waals surface area contributed by atoms with Gasteiger partial charge in [0.25, 0.3) is 5.91 Å². The first kappa shape index (κ1) is 18.1. The van der Waals surface area contributed by atoms with Crippen LogP contribution in [-0.2, 0) is 16.2 Å². The van der Waals surface area contributed by atoms with Gasteiger partial charge in [0.1, 0.15) is 0 Å². The van der Waals surface area contributed by atoms with E-state index in [0.717, 1.165) is 11.1 Å². The van der Waals surface area contributed by atoms with Gasteiger partial charge in [-0.05, 0) is 42.8 Å². The number of hydrogen-bond acceptors (Lipinski definition) is 5. The number of benzene rings is 2. The molecule has 6 nitrogen and oxygen atoms in total. The summed E-state index contributed by atoms with van der Waals surface area (Å²) >= 11 is 5.96. The molecule has 1 aliphatic rings. The maximum Gasteiger partial charge on any atom is 0.263 e. The highest BCUT2D eigenvalue weighted by molar-refractivity contribution is 6.30. The summed E-state index contributed by atoms with van der Waals surface area (Å²) < 4.78 is 10.6. The normalized spacial score (nSPS) is 12.8. The molecule has 0 N–H and O–H groups in total. The number of rotatable bonds is 6. The Morgan fingerprint density at radius 1 is 1.23 bits per heavy atom. The van der Waals surface area contributed by atoms with E-state index < -0.39 is 0 Å². The quantitative estimate of drug-likeness (QED) is 0.573. The lowest BCUT2D eigenvalue weighted by molar-refractivity contribution is -0.135. The number of carbonyl (C=O) groups excluding carboxylic acids is 1. The summed E-state index contributed by atoms with van der Waals surface area (Å²) in [5, 5.41) is 4.66. The summed E-state index contributed by atoms with van der Waals surface area (Å²) in [4.78, 5) is 18.9. The van der Waals surface area contributed by atoms with Gasteiger partial charge < -0.3 is 19.2 Å². The number of halogens is 1. The number of oxime groups is 1. The van der Waals surface area contributed by atoms with E-state index in [1.165, 1.54) is 0 Å². The standard InChI is InChI=1S/C19H19ClN2O4/c1-13(15-6-7-17-18(9-15)25-12-24-17)21-26-11-19(23)22(2)10-14-4-3-5-16(20)8-14/h3-9H,10-12H2,1-2H3/b21-13+. The van der Waals surface area contributed by atoms with Gasteiger partial charge in [-0.1, -0.05) is 28.9 Å². The largest absolute Gasteiger partial charge is 0.454 e. The number of amides is 1. The molecule has 2 aromatic carbocycles. The molecule has 136 valence electrons. The number of carbonyl (C=O) groups is 1. The molecule has 0 saturated carbocycles. The third-order valence-corrected chi connectivity index (χ3v) is 4.15. The highest BCUT2D eigenvalue weighted by atomic mass is 35.5. The zero-order valence-corrected chi connectivity index (χ0v) is 15.3. The lowest BCUT2D eigenvalue weighted by Gasteiger charge is -2.16. The predicted octanol–water partition coefficient (Wildman–Crippen LogP) is 3.47. The molecule has 0 fully saturated rings. The first-order valence-corrected chi connectivity index (χ1v) is 8.46. The summed E-state index contributed by atoms with van der Waals surface area (Å²) in [6.45, 7) is 2.34. The maximum atomic E-state index is 12.2. The average molecular weight is 375 g/mol. The fourth-order valence-electron chi connectivity index (χ4n) is 2.47. The second-order valence-corrected chi connectivity index (χ2v) is 6.33. The van der Waals surface area contributed by atoms with Crippen LogP contribution in [0, 0.1) is 0 Å². The Balaban J connectivity index is 1.53. The maximum absolute atomic E-state index is 12.2. The monoisotopic (exact) mass is 374 g/mol. The Morgan fingerprint density at radius 3 is 2.85 bits per heavy atom. The second-order valence-electron chi connectivity index (χ2n) is 5.90. The molecule has 3 rings (SSSR count). The van der Waals surface area contributed by atoms with Crippen LogP contribution in [0.2, 0.25) is 5.02 Å². The highest BCUT2D eigenvalue weighted by Crippen LogP contribution is 2.32. The summed E-state index contributed by atoms with van der Waals surface area (Å²) in [6, 6.07) is 12.9. The Morgan fingerprint density at radius 2 is 2.04 bits per heavy atom. The summed E-state index contributed by atoms with van der Waals surface area (Å²) in [6.07, 6.45) is 0. The van der Waals surface area contributed by atoms with E-state index in [0.29, 0.717) is 28.8 Å². The minimum atomic E-state index is -0.174. The van der Waals surface area contributed by atoms with Gasteiger partial charge in [-0.3, -0.25) is 4.79 Å². The Hall–Kier alpha value is -2.73. The summed E-state index contributed by atoms with van der Waals surface area (Å²) in [5.74, 6) is 1.21. The van der Waals surface area contributed by atoms with Crippen molar-refractivity contribution in [3.8, 4) is 11.5 Å². The van der Waals surface area contributed by atoms with Crippen LogP contribution in [0.1, 0.15) is 18.1 Å². The fraction of sp³-hybridized carbons (Fsp3) is 0.263. The van der Waals surface area contributed by atoms with E-state index in [9.17, 15) is 4.79 Å². The van der Waals surface area contributed by atoms with Crippen molar-refractivity contribution in [2.75, 3.05) is 20.4 Å². The molecule has 0 saturated heterocycles. The van der Waals surface area contributed by atoms with Crippen molar-refractivity contribution in [1.29, 1.82) is 0 Å². The molecule has 1 aliphatic heterocycles. The molecular weight excluding hydrogens is 356 g/mol. The van der Waals surface area contributed by atoms with E-state index in [-0.39, 0.29) is 19.3 Å². The zero-order chi connectivity index (χ0) is 18.5. The predicted molar refractivity (Wildman–Crippen MR) is 98.7 cm³/mol. The SMILES string of the molecule is C/C(=N\OCC(=O)N(C)Cc1cccc(Cl)c1)c1ccc2c(c1)OCO2. The number of nitrogens with zero attached hydrogens (tertiary/aromatic N) is 2. The van der Waals surface area contributed by atoms with Crippen molar-refractivity contribution in [1.82, 2.24) is 4.90 Å². The molecular formula is C19H19ClN2O4. The zero-order valence-electron chi connectivity index (χ0n) is 14.6. The van der Waals surface area contributed by atoms with Crippen LogP contribution >= 0.6 is 11.6 Å². The molecule has 0 aliphatic carbocycles. The molecule has 0 spiro atoms. The molecule has 0 bridgehead atoms. The Bertz CT molecular complexity index is 838. The van der Waals surface area contributed by atoms with Crippen LogP contribution in [0.5, 0.6) is 11.5 Å². The van der Waals surface area contributed by atoms with E-state index in [1.54, 1.807) is 24.9 Å². The third kappa shape index (κ3) is 4.46. The Kier molecular flexibility index (Phi) is 5.63. The molecule has 0 unspecified atom stereocenters. The van der Waals surface area contributed by atoms with E-state index in [1.807, 2.05) is 36.4 Å². The van der Waals surface area contributed by atoms with Crippen molar-refractivity contribution in [3.05, 3.63) is 58.6 Å². The van der Waals surface area contributed by atoms with Crippen LogP contribution in [-0.4, -0.2) is 37.0 Å². The number of hydrogen-bond donors (Lipinski definition) is 0. The average Bonchev–Trinajstić information content (AvgIpc) is 3.09. The van der Waals surface area contributed by atoms with Gasteiger partial charge in [0.05, 0.1) is 5.71 Å². The fourth-order valence-corrected chi connectivity index (χ4v) is 2.68. The molecule has 0 radical (unpaired) electrons. The number of ether oxygens (including phenoxy) is 2.